The molecule has 0 amide bonds. The zero-order valence-corrected chi connectivity index (χ0v) is 15.6. The third-order valence-corrected chi connectivity index (χ3v) is 4.95. The average Bonchev–Trinajstić information content (AvgIpc) is 2.74. The highest BCUT2D eigenvalue weighted by Gasteiger charge is 2.16. The maximum atomic E-state index is 14.5. The second-order valence-electron chi connectivity index (χ2n) is 6.78. The van der Waals surface area contributed by atoms with Crippen LogP contribution in [-0.4, -0.2) is 52.6 Å². The number of hydrogen-bond acceptors (Lipinski definition) is 6. The summed E-state index contributed by atoms with van der Waals surface area (Å²) in [5.41, 5.74) is 8.10. The number of hydrogen-bond donors (Lipinski definition) is 2. The van der Waals surface area contributed by atoms with Crippen molar-refractivity contribution in [3.63, 3.8) is 0 Å². The Kier molecular flexibility index (Phi) is 5.78. The van der Waals surface area contributed by atoms with Crippen LogP contribution in [0.25, 0.3) is 0 Å². The molecule has 0 aliphatic carbocycles. The minimum atomic E-state index is -0.303. The Bertz CT molecular complexity index is 741. The van der Waals surface area contributed by atoms with E-state index >= 15 is 0 Å². The van der Waals surface area contributed by atoms with Crippen molar-refractivity contribution in [2.24, 2.45) is 0 Å². The third-order valence-electron chi connectivity index (χ3n) is 4.95. The number of morpholine rings is 2. The molecule has 0 aromatic heterocycles. The van der Waals surface area contributed by atoms with Gasteiger partial charge in [0.05, 0.1) is 49.2 Å². The number of benzene rings is 2. The van der Waals surface area contributed by atoms with Gasteiger partial charge in [-0.2, -0.15) is 0 Å². The zero-order valence-electron chi connectivity index (χ0n) is 15.6. The quantitative estimate of drug-likeness (QED) is 0.766. The number of nitrogens with one attached hydrogen (secondary N) is 2. The predicted molar refractivity (Wildman–Crippen MR) is 106 cm³/mol. The smallest absolute Gasteiger partial charge is 0.148 e. The van der Waals surface area contributed by atoms with Crippen LogP contribution in [0.1, 0.15) is 0 Å². The van der Waals surface area contributed by atoms with Gasteiger partial charge in [0.1, 0.15) is 11.6 Å². The molecule has 2 N–H and O–H groups in total. The summed E-state index contributed by atoms with van der Waals surface area (Å²) >= 11 is 0. The highest BCUT2D eigenvalue weighted by atomic mass is 19.1. The molecule has 0 radical (unpaired) electrons. The first kappa shape index (κ1) is 18.8. The summed E-state index contributed by atoms with van der Waals surface area (Å²) in [4.78, 5) is 3.94. The summed E-state index contributed by atoms with van der Waals surface area (Å²) in [5, 5.41) is 0. The highest BCUT2D eigenvalue weighted by Crippen LogP contribution is 2.26. The van der Waals surface area contributed by atoms with Crippen LogP contribution in [0.2, 0.25) is 0 Å². The van der Waals surface area contributed by atoms with E-state index in [0.29, 0.717) is 75.4 Å². The van der Waals surface area contributed by atoms with Gasteiger partial charge in [-0.05, 0) is 24.3 Å². The maximum absolute atomic E-state index is 14.5. The van der Waals surface area contributed by atoms with E-state index in [-0.39, 0.29) is 11.6 Å². The van der Waals surface area contributed by atoms with Crippen LogP contribution in [0.4, 0.5) is 31.5 Å². The standard InChI is InChI=1S/C20H24F2N4O2/c21-17-13-15(1-3-19(17)25-5-9-27-10-6-25)23-24-16-2-4-20(18(22)14-16)26-7-11-28-12-8-26/h1-4,13-14,23-24H,5-12H2. The lowest BCUT2D eigenvalue weighted by Gasteiger charge is -2.29. The van der Waals surface area contributed by atoms with Crippen molar-refractivity contribution in [3.8, 4) is 0 Å². The minimum Gasteiger partial charge on any atom is -0.378 e. The molecule has 2 aliphatic rings. The van der Waals surface area contributed by atoms with E-state index in [1.54, 1.807) is 24.3 Å². The normalized spacial score (nSPS) is 17.5. The number of nitrogens with zero attached hydrogens (tertiary/aromatic N) is 2. The Hall–Kier alpha value is -2.58. The number of rotatable bonds is 5. The van der Waals surface area contributed by atoms with Gasteiger partial charge in [-0.3, -0.25) is 0 Å². The van der Waals surface area contributed by atoms with Gasteiger partial charge in [0.2, 0.25) is 0 Å². The fraction of sp³-hybridized carbons (Fsp3) is 0.400. The molecular weight excluding hydrogens is 366 g/mol. The molecule has 2 aliphatic heterocycles. The SMILES string of the molecule is Fc1cc(NNc2ccc(N3CCOCC3)c(F)c2)ccc1N1CCOCC1. The molecule has 2 saturated heterocycles. The summed E-state index contributed by atoms with van der Waals surface area (Å²) in [6, 6.07) is 9.92. The van der Waals surface area contributed by atoms with Gasteiger partial charge < -0.3 is 30.1 Å². The van der Waals surface area contributed by atoms with E-state index in [9.17, 15) is 8.78 Å². The monoisotopic (exact) mass is 390 g/mol. The van der Waals surface area contributed by atoms with Gasteiger partial charge in [-0.25, -0.2) is 8.78 Å². The van der Waals surface area contributed by atoms with Crippen LogP contribution >= 0.6 is 0 Å². The van der Waals surface area contributed by atoms with Crippen molar-refractivity contribution >= 4 is 22.7 Å². The van der Waals surface area contributed by atoms with Crippen LogP contribution in [-0.2, 0) is 9.47 Å². The molecule has 0 bridgehead atoms. The van der Waals surface area contributed by atoms with Crippen LogP contribution < -0.4 is 20.7 Å². The maximum Gasteiger partial charge on any atom is 0.148 e. The van der Waals surface area contributed by atoms with Gasteiger partial charge in [-0.1, -0.05) is 0 Å². The highest BCUT2D eigenvalue weighted by molar-refractivity contribution is 5.61. The second-order valence-corrected chi connectivity index (χ2v) is 6.78. The molecule has 2 aromatic rings. The fourth-order valence-electron chi connectivity index (χ4n) is 3.44. The molecule has 150 valence electrons. The van der Waals surface area contributed by atoms with Crippen molar-refractivity contribution in [3.05, 3.63) is 48.0 Å². The van der Waals surface area contributed by atoms with Gasteiger partial charge in [0, 0.05) is 38.3 Å². The molecule has 2 fully saturated rings. The van der Waals surface area contributed by atoms with E-state index in [4.69, 9.17) is 9.47 Å². The van der Waals surface area contributed by atoms with E-state index in [0.717, 1.165) is 0 Å². The number of hydrazine groups is 1. The molecule has 0 saturated carbocycles. The number of anilines is 4. The molecule has 0 unspecified atom stereocenters. The number of halogens is 2. The summed E-state index contributed by atoms with van der Waals surface area (Å²) in [5.74, 6) is -0.606. The van der Waals surface area contributed by atoms with Crippen LogP contribution in [0, 0.1) is 11.6 Å². The second kappa shape index (κ2) is 8.62. The Labute approximate surface area is 163 Å². The summed E-state index contributed by atoms with van der Waals surface area (Å²) in [7, 11) is 0. The summed E-state index contributed by atoms with van der Waals surface area (Å²) in [6.45, 7) is 5.13. The van der Waals surface area contributed by atoms with E-state index in [2.05, 4.69) is 10.9 Å². The topological polar surface area (TPSA) is 49.0 Å². The fourth-order valence-corrected chi connectivity index (χ4v) is 3.44. The predicted octanol–water partition coefficient (Wildman–Crippen LogP) is 3.08. The molecule has 6 nitrogen and oxygen atoms in total. The average molecular weight is 390 g/mol. The Morgan fingerprint density at radius 1 is 0.643 bits per heavy atom. The first-order valence-corrected chi connectivity index (χ1v) is 9.47. The van der Waals surface area contributed by atoms with Crippen molar-refractivity contribution in [2.45, 2.75) is 0 Å². The van der Waals surface area contributed by atoms with Crippen LogP contribution in [0.3, 0.4) is 0 Å². The van der Waals surface area contributed by atoms with Crippen LogP contribution in [0.5, 0.6) is 0 Å². The molecule has 4 rings (SSSR count). The summed E-state index contributed by atoms with van der Waals surface area (Å²) in [6.07, 6.45) is 0. The van der Waals surface area contributed by atoms with E-state index in [1.165, 1.54) is 12.1 Å². The Balaban J connectivity index is 1.38. The lowest BCUT2D eigenvalue weighted by Crippen LogP contribution is -2.36. The zero-order chi connectivity index (χ0) is 19.3. The van der Waals surface area contributed by atoms with Crippen molar-refractivity contribution < 1.29 is 18.3 Å². The summed E-state index contributed by atoms with van der Waals surface area (Å²) < 4.78 is 39.5. The molecule has 2 heterocycles. The van der Waals surface area contributed by atoms with Crippen LogP contribution in [0.15, 0.2) is 36.4 Å². The molecular formula is C20H24F2N4O2. The Morgan fingerprint density at radius 3 is 1.39 bits per heavy atom. The van der Waals surface area contributed by atoms with Crippen molar-refractivity contribution in [1.82, 2.24) is 0 Å². The Morgan fingerprint density at radius 2 is 1.04 bits per heavy atom. The lowest BCUT2D eigenvalue weighted by atomic mass is 10.2. The first-order chi connectivity index (χ1) is 13.7. The van der Waals surface area contributed by atoms with Gasteiger partial charge in [0.15, 0.2) is 0 Å². The molecule has 0 spiro atoms. The number of ether oxygens (including phenoxy) is 2. The third kappa shape index (κ3) is 4.28. The molecule has 28 heavy (non-hydrogen) atoms. The minimum absolute atomic E-state index is 0.303. The first-order valence-electron chi connectivity index (χ1n) is 9.47. The molecule has 0 atom stereocenters. The van der Waals surface area contributed by atoms with E-state index in [1.807, 2.05) is 9.80 Å². The van der Waals surface area contributed by atoms with Gasteiger partial charge >= 0.3 is 0 Å². The van der Waals surface area contributed by atoms with Gasteiger partial charge in [0.25, 0.3) is 0 Å². The van der Waals surface area contributed by atoms with E-state index < -0.39 is 0 Å². The molecule has 8 heteroatoms. The molecule has 2 aromatic carbocycles. The van der Waals surface area contributed by atoms with Gasteiger partial charge in [-0.15, -0.1) is 0 Å². The van der Waals surface area contributed by atoms with Crippen molar-refractivity contribution in [1.29, 1.82) is 0 Å². The largest absolute Gasteiger partial charge is 0.378 e. The van der Waals surface area contributed by atoms with Crippen molar-refractivity contribution in [2.75, 3.05) is 73.3 Å². The lowest BCUT2D eigenvalue weighted by molar-refractivity contribution is 0.122.